The molecule has 0 nitrogen and oxygen atoms in total. The molecule has 0 atom stereocenters. The van der Waals surface area contributed by atoms with Crippen LogP contribution in [-0.4, -0.2) is 8.80 Å². The first-order valence-electron chi connectivity index (χ1n) is 7.05. The fourth-order valence-electron chi connectivity index (χ4n) is 3.29. The maximum absolute atomic E-state index is 2.40. The molecule has 0 amide bonds. The Balaban J connectivity index is 2.14. The normalized spacial score (nSPS) is 12.6. The van der Waals surface area contributed by atoms with Crippen molar-refractivity contribution >= 4 is 14.0 Å². The van der Waals surface area contributed by atoms with Crippen molar-refractivity contribution in [1.82, 2.24) is 0 Å². The molecule has 18 heavy (non-hydrogen) atoms. The van der Waals surface area contributed by atoms with Crippen LogP contribution in [0.5, 0.6) is 0 Å². The highest BCUT2D eigenvalue weighted by Crippen LogP contribution is 2.35. The molecular weight excluding hydrogens is 232 g/mol. The van der Waals surface area contributed by atoms with E-state index in [1.54, 1.807) is 10.8 Å². The summed E-state index contributed by atoms with van der Waals surface area (Å²) in [5.74, 6) is 0. The van der Waals surface area contributed by atoms with E-state index in [2.05, 4.69) is 56.3 Å². The van der Waals surface area contributed by atoms with Gasteiger partial charge in [-0.15, -0.1) is 0 Å². The van der Waals surface area contributed by atoms with Gasteiger partial charge in [-0.05, 0) is 28.7 Å². The minimum absolute atomic E-state index is 0.727. The van der Waals surface area contributed by atoms with Gasteiger partial charge >= 0.3 is 0 Å². The van der Waals surface area contributed by atoms with Gasteiger partial charge in [0.15, 0.2) is 0 Å². The molecule has 2 aromatic carbocycles. The van der Waals surface area contributed by atoms with E-state index < -0.39 is 8.80 Å². The Morgan fingerprint density at radius 2 is 1.61 bits per heavy atom. The molecule has 0 saturated carbocycles. The van der Waals surface area contributed by atoms with Crippen molar-refractivity contribution in [3.8, 4) is 11.1 Å². The predicted molar refractivity (Wildman–Crippen MR) is 82.4 cm³/mol. The summed E-state index contributed by atoms with van der Waals surface area (Å²) in [7, 11) is -0.727. The van der Waals surface area contributed by atoms with E-state index in [4.69, 9.17) is 0 Å². The fraction of sp³-hybridized carbons (Fsp3) is 0.294. The molecule has 0 N–H and O–H groups in total. The molecule has 1 heteroatoms. The molecular formula is C17H20Si. The third kappa shape index (κ3) is 1.74. The van der Waals surface area contributed by atoms with Crippen molar-refractivity contribution < 1.29 is 0 Å². The number of fused-ring (bicyclic) bond motifs is 3. The van der Waals surface area contributed by atoms with E-state index in [0.717, 1.165) is 6.42 Å². The lowest BCUT2D eigenvalue weighted by Crippen LogP contribution is -2.31. The summed E-state index contributed by atoms with van der Waals surface area (Å²) < 4.78 is 0. The van der Waals surface area contributed by atoms with Crippen LogP contribution >= 0.6 is 0 Å². The van der Waals surface area contributed by atoms with Crippen molar-refractivity contribution in [1.29, 1.82) is 0 Å². The molecule has 0 radical (unpaired) electrons. The molecule has 2 aromatic rings. The van der Waals surface area contributed by atoms with Crippen molar-refractivity contribution in [3.63, 3.8) is 0 Å². The first-order chi connectivity index (χ1) is 8.85. The minimum Gasteiger partial charge on any atom is -0.0677 e. The van der Waals surface area contributed by atoms with E-state index >= 15 is 0 Å². The zero-order valence-electron chi connectivity index (χ0n) is 11.2. The Morgan fingerprint density at radius 1 is 0.889 bits per heavy atom. The van der Waals surface area contributed by atoms with E-state index in [-0.39, 0.29) is 0 Å². The van der Waals surface area contributed by atoms with Crippen molar-refractivity contribution in [2.75, 3.05) is 0 Å². The van der Waals surface area contributed by atoms with Gasteiger partial charge in [-0.25, -0.2) is 0 Å². The van der Waals surface area contributed by atoms with Gasteiger partial charge in [0.1, 0.15) is 0 Å². The highest BCUT2D eigenvalue weighted by Gasteiger charge is 2.23. The molecule has 0 spiro atoms. The summed E-state index contributed by atoms with van der Waals surface area (Å²) in [6.45, 7) is 4.73. The molecule has 0 aromatic heterocycles. The van der Waals surface area contributed by atoms with Gasteiger partial charge in [-0.2, -0.15) is 0 Å². The van der Waals surface area contributed by atoms with Gasteiger partial charge in [0.25, 0.3) is 0 Å². The van der Waals surface area contributed by atoms with Crippen LogP contribution in [0.1, 0.15) is 25.0 Å². The van der Waals surface area contributed by atoms with E-state index in [9.17, 15) is 0 Å². The van der Waals surface area contributed by atoms with Gasteiger partial charge in [0, 0.05) is 0 Å². The third-order valence-corrected chi connectivity index (χ3v) is 7.70. The van der Waals surface area contributed by atoms with E-state index in [0.29, 0.717) is 0 Å². The van der Waals surface area contributed by atoms with Crippen LogP contribution < -0.4 is 5.19 Å². The molecule has 0 bridgehead atoms. The summed E-state index contributed by atoms with van der Waals surface area (Å²) in [5.41, 5.74) is 6.12. The predicted octanol–water partition coefficient (Wildman–Crippen LogP) is 3.73. The minimum atomic E-state index is -0.727. The standard InChI is InChI=1S/C17H20Si/c1-3-18(4-2)17-11-7-10-15-14-9-6-5-8-13(14)12-16(15)17/h5-11,18H,3-4,12H2,1-2H3. The maximum Gasteiger partial charge on any atom is 0.0707 e. The second-order valence-corrected chi connectivity index (χ2v) is 8.87. The van der Waals surface area contributed by atoms with Crippen LogP contribution in [-0.2, 0) is 6.42 Å². The Kier molecular flexibility index (Phi) is 3.08. The average Bonchev–Trinajstić information content (AvgIpc) is 2.80. The summed E-state index contributed by atoms with van der Waals surface area (Å²) in [5, 5.41) is 1.72. The molecule has 92 valence electrons. The Morgan fingerprint density at radius 3 is 2.39 bits per heavy atom. The van der Waals surface area contributed by atoms with Crippen molar-refractivity contribution in [3.05, 3.63) is 53.6 Å². The number of benzene rings is 2. The zero-order chi connectivity index (χ0) is 12.5. The van der Waals surface area contributed by atoms with Crippen LogP contribution in [0.25, 0.3) is 11.1 Å². The molecule has 0 unspecified atom stereocenters. The molecule has 0 fully saturated rings. The summed E-state index contributed by atoms with van der Waals surface area (Å²) in [4.78, 5) is 0. The largest absolute Gasteiger partial charge is 0.0707 e. The fourth-order valence-corrected chi connectivity index (χ4v) is 5.88. The average molecular weight is 252 g/mol. The van der Waals surface area contributed by atoms with Gasteiger partial charge in [0.2, 0.25) is 0 Å². The Bertz CT molecular complexity index is 568. The smallest absolute Gasteiger partial charge is 0.0677 e. The highest BCUT2D eigenvalue weighted by atomic mass is 28.3. The van der Waals surface area contributed by atoms with Crippen LogP contribution in [0.15, 0.2) is 42.5 Å². The lowest BCUT2D eigenvalue weighted by atomic mass is 10.1. The van der Waals surface area contributed by atoms with Gasteiger partial charge < -0.3 is 0 Å². The number of hydrogen-bond acceptors (Lipinski definition) is 0. The zero-order valence-corrected chi connectivity index (χ0v) is 12.4. The van der Waals surface area contributed by atoms with Crippen molar-refractivity contribution in [2.24, 2.45) is 0 Å². The first kappa shape index (κ1) is 11.7. The highest BCUT2D eigenvalue weighted by molar-refractivity contribution is 6.73. The lowest BCUT2D eigenvalue weighted by Gasteiger charge is -2.15. The molecule has 0 heterocycles. The summed E-state index contributed by atoms with van der Waals surface area (Å²) >= 11 is 0. The van der Waals surface area contributed by atoms with E-state index in [1.807, 2.05) is 0 Å². The van der Waals surface area contributed by atoms with E-state index in [1.165, 1.54) is 28.8 Å². The van der Waals surface area contributed by atoms with Crippen LogP contribution in [0.4, 0.5) is 0 Å². The second-order valence-electron chi connectivity index (χ2n) is 5.22. The number of rotatable bonds is 3. The lowest BCUT2D eigenvalue weighted by molar-refractivity contribution is 1.26. The topological polar surface area (TPSA) is 0 Å². The van der Waals surface area contributed by atoms with Gasteiger partial charge in [-0.1, -0.05) is 73.6 Å². The van der Waals surface area contributed by atoms with Crippen LogP contribution in [0.3, 0.4) is 0 Å². The summed E-state index contributed by atoms with van der Waals surface area (Å²) in [6.07, 6.45) is 1.16. The van der Waals surface area contributed by atoms with Gasteiger partial charge in [0.05, 0.1) is 8.80 Å². The molecule has 3 rings (SSSR count). The third-order valence-electron chi connectivity index (χ3n) is 4.31. The second kappa shape index (κ2) is 4.73. The maximum atomic E-state index is 2.40. The van der Waals surface area contributed by atoms with Crippen LogP contribution in [0.2, 0.25) is 12.1 Å². The molecule has 1 aliphatic carbocycles. The Hall–Kier alpha value is -1.34. The quantitative estimate of drug-likeness (QED) is 0.623. The monoisotopic (exact) mass is 252 g/mol. The first-order valence-corrected chi connectivity index (χ1v) is 9.26. The molecule has 1 aliphatic rings. The molecule has 0 aliphatic heterocycles. The number of hydrogen-bond donors (Lipinski definition) is 0. The van der Waals surface area contributed by atoms with Crippen LogP contribution in [0, 0.1) is 0 Å². The molecule has 0 saturated heterocycles. The van der Waals surface area contributed by atoms with Gasteiger partial charge in [-0.3, -0.25) is 0 Å². The Labute approximate surface area is 111 Å². The SMILES string of the molecule is CC[SiH](CC)c1cccc2c1Cc1ccccc1-2. The van der Waals surface area contributed by atoms with Crippen molar-refractivity contribution in [2.45, 2.75) is 32.4 Å². The summed E-state index contributed by atoms with van der Waals surface area (Å²) in [6, 6.07) is 18.6.